The second-order valence-electron chi connectivity index (χ2n) is 6.44. The molecule has 0 spiro atoms. The smallest absolute Gasteiger partial charge is 0.409 e. The number of likely N-dealkylation sites (tertiary alicyclic amines) is 1. The van der Waals surface area contributed by atoms with E-state index in [1.807, 2.05) is 32.9 Å². The Morgan fingerprint density at radius 2 is 2.08 bits per heavy atom. The van der Waals surface area contributed by atoms with Gasteiger partial charge in [0.05, 0.1) is 6.61 Å². The van der Waals surface area contributed by atoms with Crippen molar-refractivity contribution in [2.45, 2.75) is 46.5 Å². The maximum absolute atomic E-state index is 12.1. The number of hydrogen-bond donors (Lipinski definition) is 1. The normalized spacial score (nSPS) is 20.6. The molecule has 0 saturated carbocycles. The highest BCUT2D eigenvalue weighted by Crippen LogP contribution is 2.36. The lowest BCUT2D eigenvalue weighted by atomic mass is 9.80. The Balaban J connectivity index is 2.23. The molecule has 2 rings (SSSR count). The molecule has 5 nitrogen and oxygen atoms in total. The van der Waals surface area contributed by atoms with Gasteiger partial charge in [0.1, 0.15) is 0 Å². The van der Waals surface area contributed by atoms with Crippen molar-refractivity contribution in [2.24, 2.45) is 5.92 Å². The summed E-state index contributed by atoms with van der Waals surface area (Å²) in [5.41, 5.74) is 3.15. The fourth-order valence-corrected chi connectivity index (χ4v) is 3.28. The second kappa shape index (κ2) is 8.18. The van der Waals surface area contributed by atoms with Crippen LogP contribution in [0.4, 0.5) is 10.5 Å². The highest BCUT2D eigenvalue weighted by atomic mass is 16.6. The molecule has 2 atom stereocenters. The van der Waals surface area contributed by atoms with E-state index in [1.165, 1.54) is 5.56 Å². The largest absolute Gasteiger partial charge is 0.450 e. The maximum atomic E-state index is 12.1. The predicted molar refractivity (Wildman–Crippen MR) is 95.2 cm³/mol. The van der Waals surface area contributed by atoms with Gasteiger partial charge in [-0.1, -0.05) is 26.0 Å². The van der Waals surface area contributed by atoms with Crippen LogP contribution in [-0.4, -0.2) is 36.6 Å². The summed E-state index contributed by atoms with van der Waals surface area (Å²) < 4.78 is 5.15. The van der Waals surface area contributed by atoms with Crippen LogP contribution in [0.3, 0.4) is 0 Å². The van der Waals surface area contributed by atoms with Gasteiger partial charge in [0.15, 0.2) is 0 Å². The number of benzene rings is 1. The number of ether oxygens (including phenoxy) is 1. The Labute approximate surface area is 144 Å². The zero-order chi connectivity index (χ0) is 17.7. The molecule has 24 heavy (non-hydrogen) atoms. The zero-order valence-corrected chi connectivity index (χ0v) is 15.1. The standard InChI is InChI=1S/C19H28N2O3/c1-5-18(22)20-17-9-7-8-15(14(17)4)16-12-21(11-10-13(16)3)19(23)24-6-2/h7-9,13,16H,5-6,10-12H2,1-4H3,(H,20,22). The summed E-state index contributed by atoms with van der Waals surface area (Å²) in [5.74, 6) is 0.744. The topological polar surface area (TPSA) is 58.6 Å². The van der Waals surface area contributed by atoms with Crippen molar-refractivity contribution in [3.05, 3.63) is 29.3 Å². The van der Waals surface area contributed by atoms with E-state index in [0.717, 1.165) is 24.2 Å². The van der Waals surface area contributed by atoms with Gasteiger partial charge in [0.2, 0.25) is 5.91 Å². The minimum Gasteiger partial charge on any atom is -0.450 e. The van der Waals surface area contributed by atoms with Crippen LogP contribution in [0.25, 0.3) is 0 Å². The van der Waals surface area contributed by atoms with Crippen LogP contribution in [0.1, 0.15) is 50.7 Å². The summed E-state index contributed by atoms with van der Waals surface area (Å²) in [6.07, 6.45) is 1.18. The third-order valence-corrected chi connectivity index (χ3v) is 4.85. The van der Waals surface area contributed by atoms with Crippen molar-refractivity contribution < 1.29 is 14.3 Å². The summed E-state index contributed by atoms with van der Waals surface area (Å²) in [7, 11) is 0. The molecule has 1 saturated heterocycles. The molecule has 2 amide bonds. The molecule has 1 aromatic rings. The van der Waals surface area contributed by atoms with Gasteiger partial charge in [0.25, 0.3) is 0 Å². The number of amides is 2. The summed E-state index contributed by atoms with van der Waals surface area (Å²) in [6, 6.07) is 6.01. The molecule has 0 radical (unpaired) electrons. The first-order valence-corrected chi connectivity index (χ1v) is 8.78. The molecule has 0 bridgehead atoms. The van der Waals surface area contributed by atoms with Crippen molar-refractivity contribution in [1.29, 1.82) is 0 Å². The van der Waals surface area contributed by atoms with Crippen molar-refractivity contribution in [1.82, 2.24) is 4.90 Å². The van der Waals surface area contributed by atoms with Gasteiger partial charge >= 0.3 is 6.09 Å². The number of piperidine rings is 1. The zero-order valence-electron chi connectivity index (χ0n) is 15.1. The molecule has 1 aromatic carbocycles. The van der Waals surface area contributed by atoms with Crippen LogP contribution in [0, 0.1) is 12.8 Å². The monoisotopic (exact) mass is 332 g/mol. The highest BCUT2D eigenvalue weighted by Gasteiger charge is 2.31. The molecular formula is C19H28N2O3. The van der Waals surface area contributed by atoms with E-state index in [4.69, 9.17) is 4.74 Å². The summed E-state index contributed by atoms with van der Waals surface area (Å²) in [5, 5.41) is 2.96. The molecule has 0 aliphatic carbocycles. The number of carbonyl (C=O) groups is 2. The minimum atomic E-state index is -0.234. The van der Waals surface area contributed by atoms with Crippen LogP contribution in [0.2, 0.25) is 0 Å². The molecular weight excluding hydrogens is 304 g/mol. The molecule has 1 N–H and O–H groups in total. The number of rotatable bonds is 4. The average molecular weight is 332 g/mol. The second-order valence-corrected chi connectivity index (χ2v) is 6.44. The van der Waals surface area contributed by atoms with Gasteiger partial charge < -0.3 is 15.0 Å². The quantitative estimate of drug-likeness (QED) is 0.909. The molecule has 1 aliphatic heterocycles. The van der Waals surface area contributed by atoms with Crippen LogP contribution in [0.15, 0.2) is 18.2 Å². The molecule has 5 heteroatoms. The maximum Gasteiger partial charge on any atom is 0.409 e. The van der Waals surface area contributed by atoms with Crippen LogP contribution in [0.5, 0.6) is 0 Å². The predicted octanol–water partition coefficient (Wildman–Crippen LogP) is 3.93. The third-order valence-electron chi connectivity index (χ3n) is 4.85. The van der Waals surface area contributed by atoms with Crippen LogP contribution >= 0.6 is 0 Å². The number of carbonyl (C=O) groups excluding carboxylic acids is 2. The lowest BCUT2D eigenvalue weighted by molar-refractivity contribution is -0.115. The number of hydrogen-bond acceptors (Lipinski definition) is 3. The Kier molecular flexibility index (Phi) is 6.23. The van der Waals surface area contributed by atoms with Gasteiger partial charge in [-0.3, -0.25) is 4.79 Å². The van der Waals surface area contributed by atoms with Crippen LogP contribution in [-0.2, 0) is 9.53 Å². The van der Waals surface area contributed by atoms with Crippen molar-refractivity contribution in [3.63, 3.8) is 0 Å². The molecule has 1 fully saturated rings. The minimum absolute atomic E-state index is 0.0140. The summed E-state index contributed by atoms with van der Waals surface area (Å²) >= 11 is 0. The molecule has 1 aliphatic rings. The lowest BCUT2D eigenvalue weighted by Gasteiger charge is -2.37. The molecule has 2 unspecified atom stereocenters. The van der Waals surface area contributed by atoms with Gasteiger partial charge in [-0.25, -0.2) is 4.79 Å². The van der Waals surface area contributed by atoms with Gasteiger partial charge in [-0.2, -0.15) is 0 Å². The number of anilines is 1. The van der Waals surface area contributed by atoms with E-state index >= 15 is 0 Å². The SMILES string of the molecule is CCOC(=O)N1CCC(C)C(c2cccc(NC(=O)CC)c2C)C1. The van der Waals surface area contributed by atoms with Crippen molar-refractivity contribution in [3.8, 4) is 0 Å². The number of nitrogens with zero attached hydrogens (tertiary/aromatic N) is 1. The van der Waals surface area contributed by atoms with Gasteiger partial charge in [-0.15, -0.1) is 0 Å². The summed E-state index contributed by atoms with van der Waals surface area (Å²) in [4.78, 5) is 25.6. The number of nitrogens with one attached hydrogen (secondary N) is 1. The Morgan fingerprint density at radius 1 is 1.33 bits per heavy atom. The summed E-state index contributed by atoms with van der Waals surface area (Å²) in [6.45, 7) is 9.72. The molecule has 0 aromatic heterocycles. The first-order valence-electron chi connectivity index (χ1n) is 8.78. The van der Waals surface area contributed by atoms with Gasteiger partial charge in [0, 0.05) is 31.1 Å². The first kappa shape index (κ1) is 18.3. The lowest BCUT2D eigenvalue weighted by Crippen LogP contribution is -2.42. The van der Waals surface area contributed by atoms with E-state index in [2.05, 4.69) is 18.3 Å². The van der Waals surface area contributed by atoms with Crippen molar-refractivity contribution in [2.75, 3.05) is 25.0 Å². The highest BCUT2D eigenvalue weighted by molar-refractivity contribution is 5.91. The first-order chi connectivity index (χ1) is 11.5. The van der Waals surface area contributed by atoms with E-state index in [0.29, 0.717) is 25.5 Å². The fourth-order valence-electron chi connectivity index (χ4n) is 3.28. The Bertz CT molecular complexity index is 600. The van der Waals surface area contributed by atoms with E-state index in [1.54, 1.807) is 4.90 Å². The molecule has 1 heterocycles. The molecule has 132 valence electrons. The van der Waals surface area contributed by atoms with E-state index < -0.39 is 0 Å². The van der Waals surface area contributed by atoms with E-state index in [9.17, 15) is 9.59 Å². The average Bonchev–Trinajstić information content (AvgIpc) is 2.57. The fraction of sp³-hybridized carbons (Fsp3) is 0.579. The third kappa shape index (κ3) is 4.08. The van der Waals surface area contributed by atoms with Crippen LogP contribution < -0.4 is 5.32 Å². The van der Waals surface area contributed by atoms with Crippen molar-refractivity contribution >= 4 is 17.7 Å². The Morgan fingerprint density at radius 3 is 2.75 bits per heavy atom. The van der Waals surface area contributed by atoms with E-state index in [-0.39, 0.29) is 17.9 Å². The Hall–Kier alpha value is -2.04. The van der Waals surface area contributed by atoms with Gasteiger partial charge in [-0.05, 0) is 43.4 Å².